The van der Waals surface area contributed by atoms with Gasteiger partial charge in [-0.1, -0.05) is 0 Å². The molecular formula is C16H14F2N6O2. The maximum Gasteiger partial charge on any atom is 0.333 e. The SMILES string of the molecule is Cc1nc(NCc2cc(F)ccc2F)nc(-n2ccnc2C)c1[N+](=O)[O-]. The minimum atomic E-state index is -0.580. The molecule has 0 aliphatic heterocycles. The number of imidazole rings is 1. The van der Waals surface area contributed by atoms with E-state index >= 15 is 0 Å². The molecule has 0 aliphatic carbocycles. The molecule has 2 heterocycles. The van der Waals surface area contributed by atoms with Crippen molar-refractivity contribution in [3.63, 3.8) is 0 Å². The molecule has 0 amide bonds. The minimum absolute atomic E-state index is 0.0414. The Kier molecular flexibility index (Phi) is 4.57. The van der Waals surface area contributed by atoms with E-state index in [4.69, 9.17) is 0 Å². The Labute approximate surface area is 146 Å². The van der Waals surface area contributed by atoms with Gasteiger partial charge in [-0.3, -0.25) is 14.7 Å². The number of rotatable bonds is 5. The van der Waals surface area contributed by atoms with Gasteiger partial charge in [0.2, 0.25) is 11.8 Å². The lowest BCUT2D eigenvalue weighted by atomic mass is 10.2. The third kappa shape index (κ3) is 3.34. The van der Waals surface area contributed by atoms with Gasteiger partial charge in [-0.2, -0.15) is 4.98 Å². The monoisotopic (exact) mass is 360 g/mol. The van der Waals surface area contributed by atoms with Crippen LogP contribution in [0.5, 0.6) is 0 Å². The molecule has 0 saturated carbocycles. The second kappa shape index (κ2) is 6.82. The molecule has 1 N–H and O–H groups in total. The van der Waals surface area contributed by atoms with Crippen molar-refractivity contribution in [3.8, 4) is 5.82 Å². The first-order chi connectivity index (χ1) is 12.4. The zero-order valence-electron chi connectivity index (χ0n) is 13.9. The van der Waals surface area contributed by atoms with Crippen LogP contribution < -0.4 is 5.32 Å². The number of nitrogens with one attached hydrogen (secondary N) is 1. The highest BCUT2D eigenvalue weighted by molar-refractivity contribution is 5.54. The molecule has 0 unspecified atom stereocenters. The van der Waals surface area contributed by atoms with Crippen LogP contribution in [0.3, 0.4) is 0 Å². The molecule has 0 radical (unpaired) electrons. The normalized spacial score (nSPS) is 10.8. The fourth-order valence-corrected chi connectivity index (χ4v) is 2.47. The number of halogens is 2. The molecule has 0 bridgehead atoms. The molecule has 1 aromatic carbocycles. The predicted octanol–water partition coefficient (Wildman–Crippen LogP) is 3.08. The van der Waals surface area contributed by atoms with E-state index in [1.54, 1.807) is 13.1 Å². The highest BCUT2D eigenvalue weighted by Crippen LogP contribution is 2.26. The van der Waals surface area contributed by atoms with Crippen LogP contribution in [0.4, 0.5) is 20.4 Å². The number of aryl methyl sites for hydroxylation is 2. The lowest BCUT2D eigenvalue weighted by molar-refractivity contribution is -0.385. The van der Waals surface area contributed by atoms with Gasteiger partial charge in [-0.25, -0.2) is 18.7 Å². The van der Waals surface area contributed by atoms with Crippen molar-refractivity contribution >= 4 is 11.6 Å². The molecule has 0 atom stereocenters. The van der Waals surface area contributed by atoms with Crippen LogP contribution in [0.1, 0.15) is 17.1 Å². The molecule has 26 heavy (non-hydrogen) atoms. The maximum atomic E-state index is 13.7. The number of benzene rings is 1. The molecule has 8 nitrogen and oxygen atoms in total. The molecular weight excluding hydrogens is 346 g/mol. The van der Waals surface area contributed by atoms with Crippen molar-refractivity contribution in [2.45, 2.75) is 20.4 Å². The average molecular weight is 360 g/mol. The molecule has 3 aromatic rings. The summed E-state index contributed by atoms with van der Waals surface area (Å²) in [6.07, 6.45) is 3.03. The molecule has 3 rings (SSSR count). The van der Waals surface area contributed by atoms with Crippen LogP contribution in [-0.4, -0.2) is 24.4 Å². The van der Waals surface area contributed by atoms with Gasteiger partial charge in [-0.05, 0) is 32.0 Å². The predicted molar refractivity (Wildman–Crippen MR) is 89.0 cm³/mol. The summed E-state index contributed by atoms with van der Waals surface area (Å²) in [5.74, 6) is -0.546. The average Bonchev–Trinajstić information content (AvgIpc) is 3.00. The van der Waals surface area contributed by atoms with Crippen molar-refractivity contribution in [2.75, 3.05) is 5.32 Å². The summed E-state index contributed by atoms with van der Waals surface area (Å²) < 4.78 is 28.4. The van der Waals surface area contributed by atoms with Crippen molar-refractivity contribution in [1.82, 2.24) is 19.5 Å². The summed E-state index contributed by atoms with van der Waals surface area (Å²) in [7, 11) is 0. The summed E-state index contributed by atoms with van der Waals surface area (Å²) in [6.45, 7) is 3.07. The molecule has 0 fully saturated rings. The smallest absolute Gasteiger partial charge is 0.333 e. The summed E-state index contributed by atoms with van der Waals surface area (Å²) >= 11 is 0. The van der Waals surface area contributed by atoms with E-state index in [-0.39, 0.29) is 35.3 Å². The summed E-state index contributed by atoms with van der Waals surface area (Å²) in [4.78, 5) is 23.1. The number of nitro groups is 1. The molecule has 134 valence electrons. The van der Waals surface area contributed by atoms with Crippen molar-refractivity contribution in [2.24, 2.45) is 0 Å². The van der Waals surface area contributed by atoms with Gasteiger partial charge in [0.05, 0.1) is 4.92 Å². The third-order valence-corrected chi connectivity index (χ3v) is 3.72. The van der Waals surface area contributed by atoms with E-state index in [1.165, 1.54) is 17.7 Å². The van der Waals surface area contributed by atoms with Crippen LogP contribution in [0.25, 0.3) is 5.82 Å². The van der Waals surface area contributed by atoms with Gasteiger partial charge in [0.1, 0.15) is 23.2 Å². The van der Waals surface area contributed by atoms with Crippen LogP contribution in [-0.2, 0) is 6.54 Å². The Morgan fingerprint density at radius 1 is 1.27 bits per heavy atom. The van der Waals surface area contributed by atoms with Gasteiger partial charge in [-0.15, -0.1) is 0 Å². The number of nitrogens with zero attached hydrogens (tertiary/aromatic N) is 5. The lowest BCUT2D eigenvalue weighted by Crippen LogP contribution is -2.12. The standard InChI is InChI=1S/C16H14F2N6O2/c1-9-14(24(25)26)15(23-6-5-19-10(23)2)22-16(21-9)20-8-11-7-12(17)3-4-13(11)18/h3-7H,8H2,1-2H3,(H,20,21,22). The summed E-state index contributed by atoms with van der Waals surface area (Å²) in [5, 5.41) is 14.2. The highest BCUT2D eigenvalue weighted by Gasteiger charge is 2.24. The fourth-order valence-electron chi connectivity index (χ4n) is 2.47. The quantitative estimate of drug-likeness (QED) is 0.554. The number of aromatic nitrogens is 4. The Hall–Kier alpha value is -3.43. The van der Waals surface area contributed by atoms with Crippen LogP contribution >= 0.6 is 0 Å². The second-order valence-electron chi connectivity index (χ2n) is 5.50. The fraction of sp³-hybridized carbons (Fsp3) is 0.188. The molecule has 0 saturated heterocycles. The van der Waals surface area contributed by atoms with Crippen LogP contribution in [0.15, 0.2) is 30.6 Å². The van der Waals surface area contributed by atoms with Crippen molar-refractivity contribution in [3.05, 3.63) is 69.4 Å². The van der Waals surface area contributed by atoms with Gasteiger partial charge < -0.3 is 5.32 Å². The van der Waals surface area contributed by atoms with Crippen LogP contribution in [0, 0.1) is 35.6 Å². The van der Waals surface area contributed by atoms with E-state index in [9.17, 15) is 18.9 Å². The number of hydrogen-bond donors (Lipinski definition) is 1. The number of anilines is 1. The van der Waals surface area contributed by atoms with E-state index in [1.807, 2.05) is 0 Å². The Morgan fingerprint density at radius 3 is 2.69 bits per heavy atom. The van der Waals surface area contributed by atoms with Gasteiger partial charge in [0.25, 0.3) is 0 Å². The zero-order valence-corrected chi connectivity index (χ0v) is 13.9. The van der Waals surface area contributed by atoms with E-state index in [0.29, 0.717) is 5.82 Å². The maximum absolute atomic E-state index is 13.7. The van der Waals surface area contributed by atoms with Crippen molar-refractivity contribution < 1.29 is 13.7 Å². The van der Waals surface area contributed by atoms with E-state index < -0.39 is 16.6 Å². The largest absolute Gasteiger partial charge is 0.350 e. The lowest BCUT2D eigenvalue weighted by Gasteiger charge is -2.11. The highest BCUT2D eigenvalue weighted by atomic mass is 19.1. The number of hydrogen-bond acceptors (Lipinski definition) is 6. The topological polar surface area (TPSA) is 98.8 Å². The third-order valence-electron chi connectivity index (χ3n) is 3.72. The summed E-state index contributed by atoms with van der Waals surface area (Å²) in [5.41, 5.74) is -0.0335. The second-order valence-corrected chi connectivity index (χ2v) is 5.50. The van der Waals surface area contributed by atoms with Crippen LogP contribution in [0.2, 0.25) is 0 Å². The zero-order chi connectivity index (χ0) is 18.8. The molecule has 2 aromatic heterocycles. The molecule has 10 heteroatoms. The Bertz CT molecular complexity index is 989. The van der Waals surface area contributed by atoms with Gasteiger partial charge in [0, 0.05) is 24.5 Å². The first-order valence-corrected chi connectivity index (χ1v) is 7.58. The molecule has 0 spiro atoms. The van der Waals surface area contributed by atoms with E-state index in [2.05, 4.69) is 20.3 Å². The molecule has 0 aliphatic rings. The summed E-state index contributed by atoms with van der Waals surface area (Å²) in [6, 6.07) is 3.10. The first-order valence-electron chi connectivity index (χ1n) is 7.58. The van der Waals surface area contributed by atoms with E-state index in [0.717, 1.165) is 18.2 Å². The van der Waals surface area contributed by atoms with Gasteiger partial charge >= 0.3 is 5.69 Å². The minimum Gasteiger partial charge on any atom is -0.350 e. The Balaban J connectivity index is 1.99. The van der Waals surface area contributed by atoms with Gasteiger partial charge in [0.15, 0.2) is 0 Å². The first kappa shape index (κ1) is 17.4. The van der Waals surface area contributed by atoms with Crippen molar-refractivity contribution in [1.29, 1.82) is 0 Å². The Morgan fingerprint density at radius 2 is 2.04 bits per heavy atom.